The van der Waals surface area contributed by atoms with E-state index in [0.717, 1.165) is 6.42 Å². The van der Waals surface area contributed by atoms with Gasteiger partial charge in [0.1, 0.15) is 0 Å². The van der Waals surface area contributed by atoms with Crippen LogP contribution in [-0.2, 0) is 4.79 Å². The van der Waals surface area contributed by atoms with Gasteiger partial charge in [-0.1, -0.05) is 29.3 Å². The Labute approximate surface area is 84.5 Å². The Bertz CT molecular complexity index is 393. The minimum absolute atomic E-state index is 0.263. The summed E-state index contributed by atoms with van der Waals surface area (Å²) in [5, 5.41) is 0. The predicted molar refractivity (Wildman–Crippen MR) is 58.1 cm³/mol. The molecule has 0 radical (unpaired) electrons. The van der Waals surface area contributed by atoms with Crippen LogP contribution in [0.4, 0.5) is 0 Å². The Morgan fingerprint density at radius 3 is 2.14 bits per heavy atom. The molecule has 0 aromatic heterocycles. The van der Waals surface area contributed by atoms with E-state index >= 15 is 0 Å². The molecule has 14 heavy (non-hydrogen) atoms. The summed E-state index contributed by atoms with van der Waals surface area (Å²) in [4.78, 5) is 11.1. The number of rotatable bonds is 1. The first-order valence-electron chi connectivity index (χ1n) is 4.97. The predicted octanol–water partition coefficient (Wildman–Crippen LogP) is 3.05. The largest absolute Gasteiger partial charge is 0.295 e. The van der Waals surface area contributed by atoms with Crippen LogP contribution in [0.2, 0.25) is 0 Å². The third-order valence-electron chi connectivity index (χ3n) is 2.57. The van der Waals surface area contributed by atoms with Crippen LogP contribution in [0.1, 0.15) is 29.5 Å². The molecule has 0 amide bonds. The van der Waals surface area contributed by atoms with E-state index in [1.165, 1.54) is 22.3 Å². The number of aryl methyl sites for hydroxylation is 2. The van der Waals surface area contributed by atoms with Crippen LogP contribution in [-0.4, -0.2) is 5.78 Å². The van der Waals surface area contributed by atoms with Crippen molar-refractivity contribution in [1.82, 2.24) is 0 Å². The summed E-state index contributed by atoms with van der Waals surface area (Å²) in [5.41, 5.74) is 4.94. The summed E-state index contributed by atoms with van der Waals surface area (Å²) in [5.74, 6) is 0.263. The molecule has 0 atom stereocenters. The van der Waals surface area contributed by atoms with Gasteiger partial charge in [0.2, 0.25) is 0 Å². The van der Waals surface area contributed by atoms with Crippen LogP contribution < -0.4 is 0 Å². The van der Waals surface area contributed by atoms with Gasteiger partial charge in [0, 0.05) is 6.42 Å². The molecule has 0 fully saturated rings. The molecular formula is C13H14O. The molecule has 0 saturated heterocycles. The van der Waals surface area contributed by atoms with E-state index in [-0.39, 0.29) is 5.78 Å². The molecular weight excluding hydrogens is 172 g/mol. The smallest absolute Gasteiger partial charge is 0.156 e. The molecule has 0 heterocycles. The number of carbonyl (C=O) groups is 1. The van der Waals surface area contributed by atoms with Crippen LogP contribution in [0.25, 0.3) is 5.57 Å². The number of hydrogen-bond donors (Lipinski definition) is 0. The minimum atomic E-state index is 0.263. The number of allylic oxidation sites excluding steroid dienone is 2. The Morgan fingerprint density at radius 1 is 1.00 bits per heavy atom. The van der Waals surface area contributed by atoms with E-state index in [0.29, 0.717) is 6.42 Å². The molecule has 0 spiro atoms. The van der Waals surface area contributed by atoms with E-state index < -0.39 is 0 Å². The maximum absolute atomic E-state index is 11.1. The normalized spacial score (nSPS) is 15.9. The molecule has 72 valence electrons. The fourth-order valence-corrected chi connectivity index (χ4v) is 1.98. The summed E-state index contributed by atoms with van der Waals surface area (Å²) in [6.07, 6.45) is 3.37. The Balaban J connectivity index is 2.42. The topological polar surface area (TPSA) is 17.1 Å². The first kappa shape index (κ1) is 9.20. The molecule has 0 bridgehead atoms. The maximum atomic E-state index is 11.1. The van der Waals surface area contributed by atoms with Gasteiger partial charge in [-0.2, -0.15) is 0 Å². The lowest BCUT2D eigenvalue weighted by Gasteiger charge is -2.04. The first-order valence-corrected chi connectivity index (χ1v) is 4.97. The van der Waals surface area contributed by atoms with E-state index in [1.54, 1.807) is 6.08 Å². The highest BCUT2D eigenvalue weighted by Gasteiger charge is 2.13. The van der Waals surface area contributed by atoms with E-state index in [2.05, 4.69) is 32.0 Å². The van der Waals surface area contributed by atoms with Gasteiger partial charge >= 0.3 is 0 Å². The monoisotopic (exact) mass is 186 g/mol. The van der Waals surface area contributed by atoms with Crippen LogP contribution in [0.15, 0.2) is 24.3 Å². The third kappa shape index (κ3) is 1.77. The van der Waals surface area contributed by atoms with E-state index in [9.17, 15) is 4.79 Å². The highest BCUT2D eigenvalue weighted by molar-refractivity contribution is 6.01. The molecule has 0 saturated carbocycles. The van der Waals surface area contributed by atoms with Crippen molar-refractivity contribution in [3.8, 4) is 0 Å². The average molecular weight is 186 g/mol. The zero-order chi connectivity index (χ0) is 10.1. The maximum Gasteiger partial charge on any atom is 0.156 e. The van der Waals surface area contributed by atoms with Crippen molar-refractivity contribution in [1.29, 1.82) is 0 Å². The van der Waals surface area contributed by atoms with E-state index in [4.69, 9.17) is 0 Å². The Morgan fingerprint density at radius 2 is 1.64 bits per heavy atom. The number of benzene rings is 1. The number of carbonyl (C=O) groups excluding carboxylic acids is 1. The van der Waals surface area contributed by atoms with Crippen LogP contribution in [0.3, 0.4) is 0 Å². The average Bonchev–Trinajstić information content (AvgIpc) is 2.50. The van der Waals surface area contributed by atoms with Crippen LogP contribution >= 0.6 is 0 Å². The van der Waals surface area contributed by atoms with Gasteiger partial charge in [0.15, 0.2) is 5.78 Å². The highest BCUT2D eigenvalue weighted by atomic mass is 16.1. The van der Waals surface area contributed by atoms with Gasteiger partial charge in [-0.3, -0.25) is 4.79 Å². The summed E-state index contributed by atoms with van der Waals surface area (Å²) in [7, 11) is 0. The lowest BCUT2D eigenvalue weighted by Crippen LogP contribution is -1.85. The quantitative estimate of drug-likeness (QED) is 0.658. The zero-order valence-electron chi connectivity index (χ0n) is 8.63. The number of hydrogen-bond acceptors (Lipinski definition) is 1. The van der Waals surface area contributed by atoms with Crippen molar-refractivity contribution >= 4 is 11.4 Å². The minimum Gasteiger partial charge on any atom is -0.295 e. The summed E-state index contributed by atoms with van der Waals surface area (Å²) in [6.45, 7) is 4.18. The molecule has 0 unspecified atom stereocenters. The van der Waals surface area contributed by atoms with Crippen LogP contribution in [0.5, 0.6) is 0 Å². The first-order chi connectivity index (χ1) is 6.65. The standard InChI is InChI=1S/C13H14O/c1-9-5-10(2)7-12(6-9)11-3-4-13(14)8-11/h5-8H,3-4H2,1-2H3. The second kappa shape index (κ2) is 3.41. The molecule has 1 aromatic rings. The number of ketones is 1. The lowest BCUT2D eigenvalue weighted by molar-refractivity contribution is -0.114. The second-order valence-electron chi connectivity index (χ2n) is 4.01. The second-order valence-corrected chi connectivity index (χ2v) is 4.01. The van der Waals surface area contributed by atoms with Gasteiger partial charge in [-0.15, -0.1) is 0 Å². The molecule has 1 heteroatoms. The molecule has 2 rings (SSSR count). The van der Waals surface area contributed by atoms with Gasteiger partial charge in [0.05, 0.1) is 0 Å². The van der Waals surface area contributed by atoms with E-state index in [1.807, 2.05) is 0 Å². The van der Waals surface area contributed by atoms with Gasteiger partial charge in [0.25, 0.3) is 0 Å². The van der Waals surface area contributed by atoms with Crippen molar-refractivity contribution in [3.63, 3.8) is 0 Å². The van der Waals surface area contributed by atoms with Crippen LogP contribution in [0, 0.1) is 13.8 Å². The third-order valence-corrected chi connectivity index (χ3v) is 2.57. The summed E-state index contributed by atoms with van der Waals surface area (Å²) < 4.78 is 0. The van der Waals surface area contributed by atoms with Gasteiger partial charge in [-0.25, -0.2) is 0 Å². The molecule has 1 nitrogen and oxygen atoms in total. The summed E-state index contributed by atoms with van der Waals surface area (Å²) >= 11 is 0. The Hall–Kier alpha value is -1.37. The van der Waals surface area contributed by atoms with Gasteiger partial charge in [-0.05, 0) is 37.5 Å². The van der Waals surface area contributed by atoms with Crippen molar-refractivity contribution in [3.05, 3.63) is 41.0 Å². The van der Waals surface area contributed by atoms with Gasteiger partial charge < -0.3 is 0 Å². The molecule has 0 aliphatic heterocycles. The highest BCUT2D eigenvalue weighted by Crippen LogP contribution is 2.27. The van der Waals surface area contributed by atoms with Crippen molar-refractivity contribution in [2.45, 2.75) is 26.7 Å². The van der Waals surface area contributed by atoms with Crippen molar-refractivity contribution in [2.75, 3.05) is 0 Å². The zero-order valence-corrected chi connectivity index (χ0v) is 8.63. The molecule has 1 aliphatic carbocycles. The van der Waals surface area contributed by atoms with Crippen molar-refractivity contribution < 1.29 is 4.79 Å². The lowest BCUT2D eigenvalue weighted by atomic mass is 10.0. The summed E-state index contributed by atoms with van der Waals surface area (Å²) in [6, 6.07) is 6.45. The van der Waals surface area contributed by atoms with Crippen molar-refractivity contribution in [2.24, 2.45) is 0 Å². The molecule has 1 aliphatic rings. The molecule has 1 aromatic carbocycles. The fraction of sp³-hybridized carbons (Fsp3) is 0.308. The SMILES string of the molecule is Cc1cc(C)cc(C2=CC(=O)CC2)c1. The molecule has 0 N–H and O–H groups in total. The Kier molecular flexibility index (Phi) is 2.24. The fourth-order valence-electron chi connectivity index (χ4n) is 1.98.